The Morgan fingerprint density at radius 3 is 2.41 bits per heavy atom. The van der Waals surface area contributed by atoms with Gasteiger partial charge in [-0.25, -0.2) is 0 Å². The van der Waals surface area contributed by atoms with E-state index in [9.17, 15) is 10.1 Å². The van der Waals surface area contributed by atoms with Gasteiger partial charge in [0, 0.05) is 5.69 Å². The van der Waals surface area contributed by atoms with Gasteiger partial charge in [0.05, 0.1) is 17.8 Å². The van der Waals surface area contributed by atoms with Crippen molar-refractivity contribution in [2.45, 2.75) is 6.61 Å². The van der Waals surface area contributed by atoms with Crippen molar-refractivity contribution in [3.63, 3.8) is 0 Å². The Labute approximate surface area is 200 Å². The summed E-state index contributed by atoms with van der Waals surface area (Å²) in [6, 6.07) is 22.2. The molecule has 6 nitrogen and oxygen atoms in total. The van der Waals surface area contributed by atoms with Crippen LogP contribution in [0.15, 0.2) is 72.3 Å². The highest BCUT2D eigenvalue weighted by Crippen LogP contribution is 2.35. The molecule has 0 saturated heterocycles. The third-order valence-electron chi connectivity index (χ3n) is 4.50. The second-order valence-electron chi connectivity index (χ2n) is 6.66. The Morgan fingerprint density at radius 1 is 1.06 bits per heavy atom. The molecule has 0 aromatic heterocycles. The lowest BCUT2D eigenvalue weighted by Gasteiger charge is -2.14. The second-order valence-corrected chi connectivity index (χ2v) is 7.82. The standard InChI is InChI=1S/C25H21IN2O4/c1-30-21-10-8-20(9-11-21)28-25(29)19(15-27)12-18-13-22(26)24(23(14-18)31-2)32-16-17-6-4-3-5-7-17/h3-14H,16H2,1-2H3,(H,28,29)/b19-12-. The quantitative estimate of drug-likeness (QED) is 0.234. The monoisotopic (exact) mass is 540 g/mol. The molecule has 7 heteroatoms. The molecule has 0 aliphatic rings. The van der Waals surface area contributed by atoms with E-state index in [2.05, 4.69) is 27.9 Å². The van der Waals surface area contributed by atoms with Gasteiger partial charge in [-0.15, -0.1) is 0 Å². The van der Waals surface area contributed by atoms with Crippen LogP contribution in [0.2, 0.25) is 0 Å². The van der Waals surface area contributed by atoms with Gasteiger partial charge in [-0.3, -0.25) is 4.79 Å². The number of ether oxygens (including phenoxy) is 3. The molecule has 0 heterocycles. The van der Waals surface area contributed by atoms with E-state index in [1.165, 1.54) is 6.08 Å². The molecule has 162 valence electrons. The lowest BCUT2D eigenvalue weighted by Crippen LogP contribution is -2.13. The molecule has 0 saturated carbocycles. The summed E-state index contributed by atoms with van der Waals surface area (Å²) in [5.74, 6) is 1.30. The summed E-state index contributed by atoms with van der Waals surface area (Å²) in [4.78, 5) is 12.6. The third kappa shape index (κ3) is 6.02. The SMILES string of the molecule is COc1ccc(NC(=O)/C(C#N)=C\c2cc(I)c(OCc3ccccc3)c(OC)c2)cc1. The summed E-state index contributed by atoms with van der Waals surface area (Å²) in [5, 5.41) is 12.2. The van der Waals surface area contributed by atoms with E-state index < -0.39 is 5.91 Å². The molecule has 1 N–H and O–H groups in total. The number of methoxy groups -OCH3 is 2. The van der Waals surface area contributed by atoms with Crippen LogP contribution in [0.25, 0.3) is 6.08 Å². The number of hydrogen-bond donors (Lipinski definition) is 1. The van der Waals surface area contributed by atoms with Crippen LogP contribution in [-0.2, 0) is 11.4 Å². The zero-order valence-corrected chi connectivity index (χ0v) is 19.8. The van der Waals surface area contributed by atoms with Gasteiger partial charge in [0.15, 0.2) is 11.5 Å². The van der Waals surface area contributed by atoms with Gasteiger partial charge in [-0.1, -0.05) is 30.3 Å². The van der Waals surface area contributed by atoms with Gasteiger partial charge >= 0.3 is 0 Å². The molecule has 3 rings (SSSR count). The van der Waals surface area contributed by atoms with E-state index in [0.29, 0.717) is 35.1 Å². The smallest absolute Gasteiger partial charge is 0.266 e. The summed E-state index contributed by atoms with van der Waals surface area (Å²) >= 11 is 2.15. The van der Waals surface area contributed by atoms with Crippen LogP contribution in [0.3, 0.4) is 0 Å². The van der Waals surface area contributed by atoms with Crippen molar-refractivity contribution >= 4 is 40.3 Å². The Balaban J connectivity index is 1.79. The molecular weight excluding hydrogens is 519 g/mol. The van der Waals surface area contributed by atoms with Gasteiger partial charge in [0.1, 0.15) is 24.0 Å². The van der Waals surface area contributed by atoms with E-state index in [1.807, 2.05) is 42.5 Å². The van der Waals surface area contributed by atoms with Crippen molar-refractivity contribution in [3.8, 4) is 23.3 Å². The topological polar surface area (TPSA) is 80.6 Å². The molecule has 0 radical (unpaired) electrons. The fraction of sp³-hybridized carbons (Fsp3) is 0.120. The number of carbonyl (C=O) groups is 1. The maximum Gasteiger partial charge on any atom is 0.266 e. The molecular formula is C25H21IN2O4. The normalized spacial score (nSPS) is 10.8. The van der Waals surface area contributed by atoms with E-state index in [0.717, 1.165) is 9.13 Å². The Kier molecular flexibility index (Phi) is 8.11. The molecule has 0 bridgehead atoms. The number of hydrogen-bond acceptors (Lipinski definition) is 5. The average Bonchev–Trinajstić information content (AvgIpc) is 2.82. The number of halogens is 1. The summed E-state index contributed by atoms with van der Waals surface area (Å²) < 4.78 is 17.4. The number of amides is 1. The summed E-state index contributed by atoms with van der Waals surface area (Å²) in [5.41, 5.74) is 2.22. The van der Waals surface area contributed by atoms with Crippen molar-refractivity contribution in [1.29, 1.82) is 5.26 Å². The Bertz CT molecular complexity index is 1150. The molecule has 32 heavy (non-hydrogen) atoms. The third-order valence-corrected chi connectivity index (χ3v) is 5.30. The molecule has 0 fully saturated rings. The van der Waals surface area contributed by atoms with Crippen LogP contribution in [0.1, 0.15) is 11.1 Å². The number of nitriles is 1. The molecule has 1 amide bonds. The molecule has 0 unspecified atom stereocenters. The van der Waals surface area contributed by atoms with Crippen molar-refractivity contribution in [2.75, 3.05) is 19.5 Å². The molecule has 3 aromatic carbocycles. The molecule has 0 atom stereocenters. The van der Waals surface area contributed by atoms with Crippen molar-refractivity contribution < 1.29 is 19.0 Å². The molecule has 3 aromatic rings. The lowest BCUT2D eigenvalue weighted by molar-refractivity contribution is -0.112. The van der Waals surface area contributed by atoms with Crippen LogP contribution >= 0.6 is 22.6 Å². The van der Waals surface area contributed by atoms with Crippen LogP contribution in [0.5, 0.6) is 17.2 Å². The van der Waals surface area contributed by atoms with Gasteiger partial charge in [-0.2, -0.15) is 5.26 Å². The average molecular weight is 540 g/mol. The first-order valence-electron chi connectivity index (χ1n) is 9.65. The highest BCUT2D eigenvalue weighted by atomic mass is 127. The molecule has 0 aliphatic carbocycles. The van der Waals surface area contributed by atoms with E-state index in [-0.39, 0.29) is 5.57 Å². The predicted octanol–water partition coefficient (Wildman–Crippen LogP) is 5.43. The van der Waals surface area contributed by atoms with Gasteiger partial charge in [-0.05, 0) is 76.2 Å². The fourth-order valence-corrected chi connectivity index (χ4v) is 3.66. The van der Waals surface area contributed by atoms with Crippen LogP contribution in [0, 0.1) is 14.9 Å². The lowest BCUT2D eigenvalue weighted by atomic mass is 10.1. The number of carbonyl (C=O) groups excluding carboxylic acids is 1. The number of anilines is 1. The van der Waals surface area contributed by atoms with Crippen molar-refractivity contribution in [1.82, 2.24) is 0 Å². The first kappa shape index (κ1) is 23.2. The number of benzene rings is 3. The first-order chi connectivity index (χ1) is 15.5. The molecule has 0 spiro atoms. The van der Waals surface area contributed by atoms with Gasteiger partial charge in [0.25, 0.3) is 5.91 Å². The highest BCUT2D eigenvalue weighted by molar-refractivity contribution is 14.1. The van der Waals surface area contributed by atoms with Crippen LogP contribution in [-0.4, -0.2) is 20.1 Å². The first-order valence-corrected chi connectivity index (χ1v) is 10.7. The number of nitrogens with zero attached hydrogens (tertiary/aromatic N) is 1. The number of nitrogens with one attached hydrogen (secondary N) is 1. The van der Waals surface area contributed by atoms with E-state index in [1.54, 1.807) is 44.6 Å². The minimum Gasteiger partial charge on any atom is -0.497 e. The van der Waals surface area contributed by atoms with E-state index in [4.69, 9.17) is 14.2 Å². The van der Waals surface area contributed by atoms with E-state index >= 15 is 0 Å². The largest absolute Gasteiger partial charge is 0.497 e. The molecule has 0 aliphatic heterocycles. The Hall–Kier alpha value is -3.51. The Morgan fingerprint density at radius 2 is 1.78 bits per heavy atom. The number of rotatable bonds is 8. The summed E-state index contributed by atoms with van der Waals surface area (Å²) in [7, 11) is 3.12. The predicted molar refractivity (Wildman–Crippen MR) is 132 cm³/mol. The minimum absolute atomic E-state index is 0.0309. The zero-order chi connectivity index (χ0) is 22.9. The second kappa shape index (κ2) is 11.2. The van der Waals surface area contributed by atoms with Gasteiger partial charge in [0.2, 0.25) is 0 Å². The van der Waals surface area contributed by atoms with Gasteiger partial charge < -0.3 is 19.5 Å². The van der Waals surface area contributed by atoms with Crippen LogP contribution < -0.4 is 19.5 Å². The highest BCUT2D eigenvalue weighted by Gasteiger charge is 2.14. The fourth-order valence-electron chi connectivity index (χ4n) is 2.88. The maximum absolute atomic E-state index is 12.6. The zero-order valence-electron chi connectivity index (χ0n) is 17.6. The van der Waals surface area contributed by atoms with Crippen molar-refractivity contribution in [3.05, 3.63) is 87.0 Å². The maximum atomic E-state index is 12.6. The van der Waals surface area contributed by atoms with Crippen molar-refractivity contribution in [2.24, 2.45) is 0 Å². The minimum atomic E-state index is -0.504. The van der Waals surface area contributed by atoms with Crippen LogP contribution in [0.4, 0.5) is 5.69 Å². The summed E-state index contributed by atoms with van der Waals surface area (Å²) in [6.07, 6.45) is 1.52. The summed E-state index contributed by atoms with van der Waals surface area (Å²) in [6.45, 7) is 0.399.